The highest BCUT2D eigenvalue weighted by Crippen LogP contribution is 2.25. The van der Waals surface area contributed by atoms with Crippen molar-refractivity contribution in [2.24, 2.45) is 15.3 Å². The molecule has 154 valence electrons. The van der Waals surface area contributed by atoms with Crippen molar-refractivity contribution in [1.29, 1.82) is 5.41 Å². The van der Waals surface area contributed by atoms with Crippen LogP contribution in [0.3, 0.4) is 0 Å². The first kappa shape index (κ1) is 20.7. The molecule has 2 aliphatic heterocycles. The fourth-order valence-electron chi connectivity index (χ4n) is 3.51. The van der Waals surface area contributed by atoms with Crippen molar-refractivity contribution in [2.75, 3.05) is 27.2 Å². The van der Waals surface area contributed by atoms with Crippen molar-refractivity contribution in [3.05, 3.63) is 41.0 Å². The van der Waals surface area contributed by atoms with Crippen LogP contribution < -0.4 is 10.7 Å². The summed E-state index contributed by atoms with van der Waals surface area (Å²) in [7, 11) is 3.66. The zero-order valence-electron chi connectivity index (χ0n) is 17.2. The summed E-state index contributed by atoms with van der Waals surface area (Å²) in [5.74, 6) is 1.05. The van der Waals surface area contributed by atoms with Crippen LogP contribution in [0.15, 0.2) is 45.2 Å². The lowest BCUT2D eigenvalue weighted by molar-refractivity contribution is 0.474. The summed E-state index contributed by atoms with van der Waals surface area (Å²) < 4.78 is 0. The zero-order chi connectivity index (χ0) is 20.8. The molecule has 1 aromatic carbocycles. The van der Waals surface area contributed by atoms with Crippen LogP contribution in [-0.2, 0) is 0 Å². The molecular weight excluding hydrogens is 366 g/mol. The van der Waals surface area contributed by atoms with Crippen LogP contribution in [0.4, 0.5) is 0 Å². The Morgan fingerprint density at radius 3 is 2.86 bits per heavy atom. The average Bonchev–Trinajstić information content (AvgIpc) is 3.11. The Bertz CT molecular complexity index is 885. The number of likely N-dealkylation sites (N-methyl/N-ethyl adjacent to an activating group) is 1. The Morgan fingerprint density at radius 2 is 2.21 bits per heavy atom. The minimum Gasteiger partial charge on any atom is -0.507 e. The lowest BCUT2D eigenvalue weighted by atomic mass is 10.0. The summed E-state index contributed by atoms with van der Waals surface area (Å²) in [4.78, 5) is 2.29. The van der Waals surface area contributed by atoms with Gasteiger partial charge in [-0.2, -0.15) is 5.10 Å². The number of hydrazone groups is 1. The number of rotatable bonds is 6. The summed E-state index contributed by atoms with van der Waals surface area (Å²) in [5, 5.41) is 34.8. The van der Waals surface area contributed by atoms with Crippen LogP contribution in [0.2, 0.25) is 0 Å². The predicted molar refractivity (Wildman–Crippen MR) is 118 cm³/mol. The quantitative estimate of drug-likeness (QED) is 0.437. The van der Waals surface area contributed by atoms with Crippen molar-refractivity contribution in [2.45, 2.75) is 32.2 Å². The summed E-state index contributed by atoms with van der Waals surface area (Å²) in [6.45, 7) is 4.04. The molecular formula is C21H29N7O. The first-order valence-electron chi connectivity index (χ1n) is 9.94. The summed E-state index contributed by atoms with van der Waals surface area (Å²) in [6, 6.07) is 5.61. The zero-order valence-corrected chi connectivity index (χ0v) is 17.2. The lowest BCUT2D eigenvalue weighted by Gasteiger charge is -2.20. The van der Waals surface area contributed by atoms with Gasteiger partial charge in [-0.05, 0) is 38.1 Å². The van der Waals surface area contributed by atoms with Gasteiger partial charge in [0.25, 0.3) is 0 Å². The average molecular weight is 396 g/mol. The van der Waals surface area contributed by atoms with Gasteiger partial charge in [-0.25, -0.2) is 0 Å². The SMILES string of the molecule is CCC1=CC(c2ccc(C(=N)/C=N\NC)cc2O)=NN=C(N2CCC(NC)C2)C1. The number of phenols is 1. The number of likely N-dealkylation sites (tertiary alicyclic amines) is 1. The van der Waals surface area contributed by atoms with E-state index in [1.54, 1.807) is 25.2 Å². The molecule has 0 radical (unpaired) electrons. The maximum Gasteiger partial charge on any atom is 0.131 e. The van der Waals surface area contributed by atoms with Crippen molar-refractivity contribution in [1.82, 2.24) is 15.6 Å². The van der Waals surface area contributed by atoms with Crippen LogP contribution in [0, 0.1) is 5.41 Å². The molecule has 0 aromatic heterocycles. The number of nitrogens with zero attached hydrogens (tertiary/aromatic N) is 4. The molecule has 8 nitrogen and oxygen atoms in total. The van der Waals surface area contributed by atoms with Crippen molar-refractivity contribution >= 4 is 23.5 Å². The van der Waals surface area contributed by atoms with E-state index in [0.29, 0.717) is 22.9 Å². The first-order valence-corrected chi connectivity index (χ1v) is 9.94. The van der Waals surface area contributed by atoms with Gasteiger partial charge in [-0.3, -0.25) is 5.41 Å². The van der Waals surface area contributed by atoms with E-state index in [1.165, 1.54) is 11.8 Å². The molecule has 1 fully saturated rings. The van der Waals surface area contributed by atoms with E-state index < -0.39 is 0 Å². The Hall–Kier alpha value is -3.00. The molecule has 2 aliphatic rings. The number of allylic oxidation sites excluding steroid dienone is 1. The van der Waals surface area contributed by atoms with Crippen LogP contribution in [0.1, 0.15) is 37.3 Å². The Morgan fingerprint density at radius 1 is 1.38 bits per heavy atom. The Labute approximate surface area is 171 Å². The molecule has 1 aromatic rings. The van der Waals surface area contributed by atoms with Crippen LogP contribution in [0.25, 0.3) is 0 Å². The van der Waals surface area contributed by atoms with Gasteiger partial charge in [0.1, 0.15) is 11.6 Å². The highest BCUT2D eigenvalue weighted by Gasteiger charge is 2.25. The van der Waals surface area contributed by atoms with Gasteiger partial charge in [0.15, 0.2) is 0 Å². The fourth-order valence-corrected chi connectivity index (χ4v) is 3.51. The second-order valence-corrected chi connectivity index (χ2v) is 7.18. The minimum absolute atomic E-state index is 0.0747. The number of hydrogen-bond acceptors (Lipinski definition) is 8. The van der Waals surface area contributed by atoms with Crippen molar-refractivity contribution < 1.29 is 5.11 Å². The summed E-state index contributed by atoms with van der Waals surface area (Å²) >= 11 is 0. The van der Waals surface area contributed by atoms with Crippen molar-refractivity contribution in [3.8, 4) is 5.75 Å². The highest BCUT2D eigenvalue weighted by atomic mass is 16.3. The topological polar surface area (TPSA) is 108 Å². The third-order valence-electron chi connectivity index (χ3n) is 5.32. The largest absolute Gasteiger partial charge is 0.507 e. The standard InChI is InChI=1S/C21H29N7O/c1-4-14-9-19(26-27-21(10-14)28-8-7-16(13-28)23-2)17-6-5-15(11-20(17)29)18(22)12-25-24-3/h5-6,9,11-12,16,22-24,29H,4,7-8,10,13H2,1-3H3/b22-18?,25-12-. The Balaban J connectivity index is 1.88. The monoisotopic (exact) mass is 395 g/mol. The normalized spacial score (nSPS) is 19.6. The molecule has 0 amide bonds. The fraction of sp³-hybridized carbons (Fsp3) is 0.429. The van der Waals surface area contributed by atoms with Crippen LogP contribution in [-0.4, -0.2) is 66.7 Å². The van der Waals surface area contributed by atoms with E-state index in [4.69, 9.17) is 5.41 Å². The Kier molecular flexibility index (Phi) is 6.77. The van der Waals surface area contributed by atoms with E-state index in [-0.39, 0.29) is 11.5 Å². The lowest BCUT2D eigenvalue weighted by Crippen LogP contribution is -2.33. The van der Waals surface area contributed by atoms with Crippen molar-refractivity contribution in [3.63, 3.8) is 0 Å². The molecule has 1 unspecified atom stereocenters. The van der Waals surface area contributed by atoms with Gasteiger partial charge in [0.05, 0.1) is 17.6 Å². The van der Waals surface area contributed by atoms with Gasteiger partial charge in [0.2, 0.25) is 0 Å². The second kappa shape index (κ2) is 9.47. The third kappa shape index (κ3) is 4.89. The number of hydrogen-bond donors (Lipinski definition) is 4. The molecule has 0 aliphatic carbocycles. The molecule has 8 heteroatoms. The van der Waals surface area contributed by atoms with Crippen LogP contribution >= 0.6 is 0 Å². The summed E-state index contributed by atoms with van der Waals surface area (Å²) in [5.41, 5.74) is 5.88. The van der Waals surface area contributed by atoms with E-state index in [2.05, 4.69) is 37.9 Å². The summed E-state index contributed by atoms with van der Waals surface area (Å²) in [6.07, 6.45) is 6.18. The minimum atomic E-state index is 0.0747. The number of nitrogens with one attached hydrogen (secondary N) is 3. The van der Waals surface area contributed by atoms with Gasteiger partial charge in [0, 0.05) is 43.7 Å². The molecule has 29 heavy (non-hydrogen) atoms. The maximum absolute atomic E-state index is 10.6. The highest BCUT2D eigenvalue weighted by molar-refractivity contribution is 6.36. The first-order chi connectivity index (χ1) is 14.0. The molecule has 0 saturated carbocycles. The number of benzene rings is 1. The molecule has 0 spiro atoms. The maximum atomic E-state index is 10.6. The van der Waals surface area contributed by atoms with Gasteiger partial charge < -0.3 is 20.7 Å². The van der Waals surface area contributed by atoms with Crippen LogP contribution in [0.5, 0.6) is 5.75 Å². The van der Waals surface area contributed by atoms with Gasteiger partial charge in [-0.1, -0.05) is 18.6 Å². The molecule has 3 rings (SSSR count). The molecule has 1 atom stereocenters. The molecule has 0 bridgehead atoms. The van der Waals surface area contributed by atoms with E-state index >= 15 is 0 Å². The third-order valence-corrected chi connectivity index (χ3v) is 5.32. The van der Waals surface area contributed by atoms with E-state index in [0.717, 1.165) is 38.2 Å². The van der Waals surface area contributed by atoms with E-state index in [9.17, 15) is 5.11 Å². The smallest absolute Gasteiger partial charge is 0.131 e. The predicted octanol–water partition coefficient (Wildman–Crippen LogP) is 2.10. The number of phenolic OH excluding ortho intramolecular Hbond substituents is 1. The van der Waals surface area contributed by atoms with Gasteiger partial charge >= 0.3 is 0 Å². The molecule has 4 N–H and O–H groups in total. The molecule has 2 heterocycles. The second-order valence-electron chi connectivity index (χ2n) is 7.18. The number of amidine groups is 1. The van der Waals surface area contributed by atoms with Gasteiger partial charge in [-0.15, -0.1) is 10.2 Å². The number of aromatic hydroxyl groups is 1. The molecule has 1 saturated heterocycles. The van der Waals surface area contributed by atoms with E-state index in [1.807, 2.05) is 13.1 Å².